The topological polar surface area (TPSA) is 156 Å². The third kappa shape index (κ3) is 5.94. The molecule has 228 valence electrons. The number of hydrogen-bond acceptors (Lipinski definition) is 10. The Morgan fingerprint density at radius 1 is 0.450 bits per heavy atom. The minimum Gasteiger partial charge on any atom is -0.409 e. The zero-order valence-electron chi connectivity index (χ0n) is 23.0. The highest BCUT2D eigenvalue weighted by atomic mass is 31.2. The number of amidine groups is 2. The van der Waals surface area contributed by atoms with Crippen LogP contribution in [-0.4, -0.2) is 181 Å². The van der Waals surface area contributed by atoms with Gasteiger partial charge < -0.3 is 39.2 Å². The molecule has 16 nitrogen and oxygen atoms in total. The second-order valence-electron chi connectivity index (χ2n) is 10.1. The Balaban J connectivity index is 1.35. The van der Waals surface area contributed by atoms with E-state index >= 15 is 0 Å². The fourth-order valence-electron chi connectivity index (χ4n) is 5.88. The van der Waals surface area contributed by atoms with Crippen LogP contribution < -0.4 is 0 Å². The summed E-state index contributed by atoms with van der Waals surface area (Å²) in [7, 11) is -6.88. The van der Waals surface area contributed by atoms with Crippen LogP contribution in [0.2, 0.25) is 0 Å². The first-order chi connectivity index (χ1) is 19.5. The summed E-state index contributed by atoms with van der Waals surface area (Å²) in [6.07, 6.45) is 0. The maximum absolute atomic E-state index is 14.8. The smallest absolute Gasteiger partial charge is 0.283 e. The maximum Gasteiger partial charge on any atom is 0.283 e. The van der Waals surface area contributed by atoms with Crippen LogP contribution in [0.3, 0.4) is 0 Å². The van der Waals surface area contributed by atoms with E-state index in [2.05, 4.69) is 10.3 Å². The predicted molar refractivity (Wildman–Crippen MR) is 146 cm³/mol. The number of rotatable bonds is 6. The average molecular weight is 609 g/mol. The van der Waals surface area contributed by atoms with Gasteiger partial charge >= 0.3 is 0 Å². The molecule has 0 unspecified atom stereocenters. The van der Waals surface area contributed by atoms with E-state index < -0.39 is 14.9 Å². The van der Waals surface area contributed by atoms with Crippen LogP contribution in [0.15, 0.2) is 10.3 Å². The van der Waals surface area contributed by atoms with Crippen molar-refractivity contribution in [3.8, 4) is 0 Å². The van der Waals surface area contributed by atoms with Crippen LogP contribution in [-0.2, 0) is 28.1 Å². The summed E-state index contributed by atoms with van der Waals surface area (Å²) in [6, 6.07) is 0. The fraction of sp³-hybridized carbons (Fsp3) is 0.909. The molecule has 0 amide bonds. The quantitative estimate of drug-likeness (QED) is 0.135. The van der Waals surface area contributed by atoms with Gasteiger partial charge in [-0.05, 0) is 0 Å². The van der Waals surface area contributed by atoms with E-state index in [9.17, 15) is 19.5 Å². The standard InChI is InChI=1S/C22H42N8O8P2/c31-23-21(39(33,27-5-13-35-14-6-27)28-7-15-36-16-8-28)25-1-2-26(4-3-25)22(24-32)40(34,29-9-17-37-18-10-29)30-11-19-38-20-12-30/h31-32H,1-20H2. The van der Waals surface area contributed by atoms with Crippen molar-refractivity contribution in [3.63, 3.8) is 0 Å². The Morgan fingerprint density at radius 2 is 0.675 bits per heavy atom. The number of morpholine rings is 4. The number of hydrogen-bond donors (Lipinski definition) is 2. The molecule has 0 aromatic rings. The number of piperazine rings is 1. The molecule has 0 bridgehead atoms. The van der Waals surface area contributed by atoms with Crippen LogP contribution in [0.5, 0.6) is 0 Å². The molecule has 5 aliphatic rings. The van der Waals surface area contributed by atoms with Gasteiger partial charge in [0.2, 0.25) is 11.2 Å². The second-order valence-corrected chi connectivity index (χ2v) is 15.4. The predicted octanol–water partition coefficient (Wildman–Crippen LogP) is -0.191. The van der Waals surface area contributed by atoms with Gasteiger partial charge in [0.25, 0.3) is 14.9 Å². The van der Waals surface area contributed by atoms with Gasteiger partial charge in [-0.2, -0.15) is 0 Å². The first-order valence-electron chi connectivity index (χ1n) is 14.0. The lowest BCUT2D eigenvalue weighted by atomic mass is 10.3. The van der Waals surface area contributed by atoms with Crippen molar-refractivity contribution in [3.05, 3.63) is 0 Å². The Morgan fingerprint density at radius 3 is 0.875 bits per heavy atom. The zero-order chi connectivity index (χ0) is 28.0. The molecule has 5 fully saturated rings. The molecule has 0 atom stereocenters. The molecule has 5 rings (SSSR count). The molecule has 0 aromatic heterocycles. The van der Waals surface area contributed by atoms with E-state index in [4.69, 9.17) is 18.9 Å². The molecular weight excluding hydrogens is 566 g/mol. The third-order valence-electron chi connectivity index (χ3n) is 8.03. The van der Waals surface area contributed by atoms with Crippen LogP contribution in [0.1, 0.15) is 0 Å². The fourth-order valence-corrected chi connectivity index (χ4v) is 11.8. The summed E-state index contributed by atoms with van der Waals surface area (Å²) >= 11 is 0. The molecule has 40 heavy (non-hydrogen) atoms. The highest BCUT2D eigenvalue weighted by molar-refractivity contribution is 7.76. The van der Waals surface area contributed by atoms with Gasteiger partial charge in [-0.3, -0.25) is 9.13 Å². The van der Waals surface area contributed by atoms with E-state index in [0.29, 0.717) is 131 Å². The van der Waals surface area contributed by atoms with Crippen molar-refractivity contribution in [2.75, 3.05) is 131 Å². The van der Waals surface area contributed by atoms with Gasteiger partial charge in [-0.15, -0.1) is 0 Å². The minimum atomic E-state index is -3.44. The van der Waals surface area contributed by atoms with Gasteiger partial charge in [0.1, 0.15) is 0 Å². The largest absolute Gasteiger partial charge is 0.409 e. The molecular formula is C22H42N8O8P2. The average Bonchev–Trinajstić information content (AvgIpc) is 3.04. The molecule has 0 aromatic carbocycles. The maximum atomic E-state index is 14.8. The van der Waals surface area contributed by atoms with Crippen LogP contribution >= 0.6 is 14.9 Å². The van der Waals surface area contributed by atoms with Crippen molar-refractivity contribution < 1.29 is 38.5 Å². The van der Waals surface area contributed by atoms with Crippen molar-refractivity contribution >= 4 is 26.0 Å². The van der Waals surface area contributed by atoms with Crippen LogP contribution in [0, 0.1) is 0 Å². The van der Waals surface area contributed by atoms with Gasteiger partial charge in [0.05, 0.1) is 52.9 Å². The van der Waals surface area contributed by atoms with E-state index in [1.807, 2.05) is 28.5 Å². The van der Waals surface area contributed by atoms with Crippen molar-refractivity contribution in [2.24, 2.45) is 10.3 Å². The Hall–Kier alpha value is -1.32. The summed E-state index contributed by atoms with van der Waals surface area (Å²) in [6.45, 7) is 8.79. The molecule has 5 saturated heterocycles. The summed E-state index contributed by atoms with van der Waals surface area (Å²) < 4.78 is 59.3. The molecule has 2 N–H and O–H groups in total. The first kappa shape index (κ1) is 30.1. The van der Waals surface area contributed by atoms with E-state index in [-0.39, 0.29) is 11.2 Å². The SMILES string of the molecule is O=P(C(=NO)N1CCN(C(=NO)P(=O)(N2CCOCC2)N2CCOCC2)CC1)(N1CCOCC1)N1CCOCC1. The van der Waals surface area contributed by atoms with E-state index in [1.54, 1.807) is 0 Å². The van der Waals surface area contributed by atoms with Crippen molar-refractivity contribution in [1.29, 1.82) is 0 Å². The lowest BCUT2D eigenvalue weighted by Crippen LogP contribution is -2.56. The van der Waals surface area contributed by atoms with E-state index in [0.717, 1.165) is 0 Å². The molecule has 18 heteroatoms. The second kappa shape index (κ2) is 13.8. The van der Waals surface area contributed by atoms with Gasteiger partial charge in [0.15, 0.2) is 0 Å². The molecule has 0 aliphatic carbocycles. The van der Waals surface area contributed by atoms with Crippen LogP contribution in [0.4, 0.5) is 0 Å². The van der Waals surface area contributed by atoms with Gasteiger partial charge in [-0.1, -0.05) is 10.3 Å². The van der Waals surface area contributed by atoms with Crippen molar-refractivity contribution in [1.82, 2.24) is 28.5 Å². The monoisotopic (exact) mass is 608 g/mol. The number of oxime groups is 2. The van der Waals surface area contributed by atoms with Gasteiger partial charge in [-0.25, -0.2) is 18.7 Å². The number of ether oxygens (including phenoxy) is 4. The van der Waals surface area contributed by atoms with Crippen LogP contribution in [0.25, 0.3) is 0 Å². The molecule has 5 aliphatic heterocycles. The Labute approximate surface area is 234 Å². The highest BCUT2D eigenvalue weighted by Gasteiger charge is 2.49. The highest BCUT2D eigenvalue weighted by Crippen LogP contribution is 2.57. The minimum absolute atomic E-state index is 0.142. The van der Waals surface area contributed by atoms with Crippen molar-refractivity contribution in [2.45, 2.75) is 0 Å². The molecule has 5 heterocycles. The summed E-state index contributed by atoms with van der Waals surface area (Å²) in [5.74, 6) is 0. The normalized spacial score (nSPS) is 26.8. The third-order valence-corrected chi connectivity index (χ3v) is 14.5. The molecule has 0 spiro atoms. The summed E-state index contributed by atoms with van der Waals surface area (Å²) in [4.78, 5) is 3.68. The molecule has 0 saturated carbocycles. The summed E-state index contributed by atoms with van der Waals surface area (Å²) in [5, 5.41) is 27.8. The lowest BCUT2D eigenvalue weighted by molar-refractivity contribution is 0.0532. The van der Waals surface area contributed by atoms with Gasteiger partial charge in [0, 0.05) is 78.5 Å². The zero-order valence-corrected chi connectivity index (χ0v) is 24.7. The first-order valence-corrected chi connectivity index (χ1v) is 17.2. The molecule has 0 radical (unpaired) electrons. The summed E-state index contributed by atoms with van der Waals surface area (Å²) in [5.41, 5.74) is 0.283. The number of nitrogens with zero attached hydrogens (tertiary/aromatic N) is 8. The Bertz CT molecular complexity index is 867. The Kier molecular flexibility index (Phi) is 10.4. The lowest BCUT2D eigenvalue weighted by Gasteiger charge is -2.47. The van der Waals surface area contributed by atoms with E-state index in [1.165, 1.54) is 0 Å².